The fraction of sp³-hybridized carbons (Fsp3) is 0.538. The third kappa shape index (κ3) is 3.24. The molecule has 1 amide bonds. The van der Waals surface area contributed by atoms with E-state index in [1.54, 1.807) is 7.05 Å². The number of carbonyl (C=O) groups is 1. The van der Waals surface area contributed by atoms with Crippen molar-refractivity contribution >= 4 is 5.91 Å². The summed E-state index contributed by atoms with van der Waals surface area (Å²) >= 11 is 0. The van der Waals surface area contributed by atoms with E-state index in [1.807, 2.05) is 20.8 Å². The smallest absolute Gasteiger partial charge is 0.257 e. The molecule has 1 heterocycles. The third-order valence-electron chi connectivity index (χ3n) is 2.87. The number of hydrogen-bond acceptors (Lipinski definition) is 2. The van der Waals surface area contributed by atoms with E-state index in [9.17, 15) is 13.6 Å². The zero-order valence-corrected chi connectivity index (χ0v) is 11.1. The Kier molecular flexibility index (Phi) is 4.76. The minimum atomic E-state index is -1.24. The van der Waals surface area contributed by atoms with Crippen LogP contribution in [0.3, 0.4) is 0 Å². The summed E-state index contributed by atoms with van der Waals surface area (Å²) in [5, 5.41) is 0. The van der Waals surface area contributed by atoms with Crippen molar-refractivity contribution in [1.82, 2.24) is 9.88 Å². The maximum atomic E-state index is 13.5. The van der Waals surface area contributed by atoms with E-state index < -0.39 is 17.7 Å². The van der Waals surface area contributed by atoms with Gasteiger partial charge in [-0.3, -0.25) is 4.79 Å². The molecule has 0 aromatic carbocycles. The molecule has 1 unspecified atom stereocenters. The fourth-order valence-corrected chi connectivity index (χ4v) is 1.81. The van der Waals surface area contributed by atoms with Crippen LogP contribution in [-0.4, -0.2) is 28.9 Å². The molecular weight excluding hydrogens is 238 g/mol. The highest BCUT2D eigenvalue weighted by atomic mass is 19.2. The van der Waals surface area contributed by atoms with Crippen LogP contribution in [-0.2, 0) is 0 Å². The van der Waals surface area contributed by atoms with Gasteiger partial charge in [-0.1, -0.05) is 13.8 Å². The lowest BCUT2D eigenvalue weighted by Crippen LogP contribution is -2.36. The standard InChI is InChI=1S/C13H18F2N2O/c1-8(2)7-9(3)17(4)13(18)10-5-6-16-12(15)11(10)14/h5-6,8-9H,7H2,1-4H3. The number of carbonyl (C=O) groups excluding carboxylic acids is 1. The molecule has 0 spiro atoms. The van der Waals surface area contributed by atoms with Crippen LogP contribution in [0.1, 0.15) is 37.6 Å². The summed E-state index contributed by atoms with van der Waals surface area (Å²) in [7, 11) is 1.59. The molecule has 3 nitrogen and oxygen atoms in total. The molecule has 0 aliphatic rings. The van der Waals surface area contributed by atoms with Crippen LogP contribution >= 0.6 is 0 Å². The molecule has 18 heavy (non-hydrogen) atoms. The van der Waals surface area contributed by atoms with E-state index in [-0.39, 0.29) is 11.6 Å². The first kappa shape index (κ1) is 14.5. The second-order valence-electron chi connectivity index (χ2n) is 4.86. The van der Waals surface area contributed by atoms with Crippen molar-refractivity contribution in [3.05, 3.63) is 29.6 Å². The Hall–Kier alpha value is -1.52. The Balaban J connectivity index is 2.90. The summed E-state index contributed by atoms with van der Waals surface area (Å²) in [5.74, 6) is -2.53. The van der Waals surface area contributed by atoms with Gasteiger partial charge in [0.1, 0.15) is 0 Å². The van der Waals surface area contributed by atoms with Crippen LogP contribution in [0.2, 0.25) is 0 Å². The van der Waals surface area contributed by atoms with Crippen molar-refractivity contribution in [1.29, 1.82) is 0 Å². The van der Waals surface area contributed by atoms with E-state index in [2.05, 4.69) is 4.98 Å². The van der Waals surface area contributed by atoms with Gasteiger partial charge < -0.3 is 4.90 Å². The van der Waals surface area contributed by atoms with Crippen LogP contribution < -0.4 is 0 Å². The summed E-state index contributed by atoms with van der Waals surface area (Å²) in [6.07, 6.45) is 1.89. The normalized spacial score (nSPS) is 12.6. The number of halogens is 2. The van der Waals surface area contributed by atoms with E-state index in [1.165, 1.54) is 11.0 Å². The number of nitrogens with zero attached hydrogens (tertiary/aromatic N) is 2. The van der Waals surface area contributed by atoms with Crippen molar-refractivity contribution in [3.8, 4) is 0 Å². The predicted molar refractivity (Wildman–Crippen MR) is 65.2 cm³/mol. The first-order valence-corrected chi connectivity index (χ1v) is 5.91. The highest BCUT2D eigenvalue weighted by molar-refractivity contribution is 5.94. The van der Waals surface area contributed by atoms with Gasteiger partial charge in [-0.2, -0.15) is 4.39 Å². The molecule has 1 rings (SSSR count). The Labute approximate surface area is 106 Å². The Morgan fingerprint density at radius 1 is 1.39 bits per heavy atom. The minimum absolute atomic E-state index is 0.0341. The molecule has 1 aromatic rings. The average molecular weight is 256 g/mol. The van der Waals surface area contributed by atoms with Gasteiger partial charge in [-0.15, -0.1) is 0 Å². The van der Waals surface area contributed by atoms with Gasteiger partial charge in [0.15, 0.2) is 5.82 Å². The average Bonchev–Trinajstić information content (AvgIpc) is 2.30. The van der Waals surface area contributed by atoms with Gasteiger partial charge in [0, 0.05) is 19.3 Å². The molecule has 5 heteroatoms. The SMILES string of the molecule is CC(C)CC(C)N(C)C(=O)c1ccnc(F)c1F. The fourth-order valence-electron chi connectivity index (χ4n) is 1.81. The van der Waals surface area contributed by atoms with Crippen LogP contribution in [0.25, 0.3) is 0 Å². The van der Waals surface area contributed by atoms with Crippen molar-refractivity contribution in [2.45, 2.75) is 33.2 Å². The molecule has 1 aromatic heterocycles. The molecule has 0 fully saturated rings. The highest BCUT2D eigenvalue weighted by Gasteiger charge is 2.22. The van der Waals surface area contributed by atoms with Gasteiger partial charge >= 0.3 is 0 Å². The molecule has 100 valence electrons. The maximum absolute atomic E-state index is 13.5. The summed E-state index contributed by atoms with van der Waals surface area (Å²) in [6.45, 7) is 5.97. The lowest BCUT2D eigenvalue weighted by Gasteiger charge is -2.26. The van der Waals surface area contributed by atoms with Crippen molar-refractivity contribution in [2.24, 2.45) is 5.92 Å². The van der Waals surface area contributed by atoms with Crippen molar-refractivity contribution in [2.75, 3.05) is 7.05 Å². The van der Waals surface area contributed by atoms with Gasteiger partial charge in [-0.25, -0.2) is 9.37 Å². The Morgan fingerprint density at radius 2 is 2.00 bits per heavy atom. The predicted octanol–water partition coefficient (Wildman–Crippen LogP) is 2.87. The maximum Gasteiger partial charge on any atom is 0.257 e. The zero-order chi connectivity index (χ0) is 13.9. The third-order valence-corrected chi connectivity index (χ3v) is 2.87. The molecular formula is C13H18F2N2O. The second-order valence-corrected chi connectivity index (χ2v) is 4.86. The largest absolute Gasteiger partial charge is 0.339 e. The summed E-state index contributed by atoms with van der Waals surface area (Å²) in [5.41, 5.74) is -0.277. The Bertz CT molecular complexity index is 435. The van der Waals surface area contributed by atoms with Crippen molar-refractivity contribution in [3.63, 3.8) is 0 Å². The van der Waals surface area contributed by atoms with Crippen LogP contribution in [0.5, 0.6) is 0 Å². The molecule has 1 atom stereocenters. The molecule has 0 saturated heterocycles. The summed E-state index contributed by atoms with van der Waals surface area (Å²) < 4.78 is 26.4. The highest BCUT2D eigenvalue weighted by Crippen LogP contribution is 2.15. The first-order valence-electron chi connectivity index (χ1n) is 5.91. The molecule has 0 bridgehead atoms. The van der Waals surface area contributed by atoms with E-state index in [0.717, 1.165) is 12.6 Å². The van der Waals surface area contributed by atoms with E-state index >= 15 is 0 Å². The van der Waals surface area contributed by atoms with Crippen molar-refractivity contribution < 1.29 is 13.6 Å². The van der Waals surface area contributed by atoms with E-state index in [4.69, 9.17) is 0 Å². The van der Waals surface area contributed by atoms with Gasteiger partial charge in [0.25, 0.3) is 5.91 Å². The number of hydrogen-bond donors (Lipinski definition) is 0. The van der Waals surface area contributed by atoms with Crippen LogP contribution in [0.15, 0.2) is 12.3 Å². The number of rotatable bonds is 4. The molecule has 0 radical (unpaired) electrons. The van der Waals surface area contributed by atoms with Gasteiger partial charge in [0.2, 0.25) is 5.95 Å². The quantitative estimate of drug-likeness (QED) is 0.776. The minimum Gasteiger partial charge on any atom is -0.339 e. The lowest BCUT2D eigenvalue weighted by atomic mass is 10.0. The number of aromatic nitrogens is 1. The molecule has 0 aliphatic carbocycles. The first-order chi connectivity index (χ1) is 8.34. The Morgan fingerprint density at radius 3 is 2.56 bits per heavy atom. The number of amides is 1. The van der Waals surface area contributed by atoms with Gasteiger partial charge in [-0.05, 0) is 25.3 Å². The van der Waals surface area contributed by atoms with Gasteiger partial charge in [0.05, 0.1) is 5.56 Å². The molecule has 0 N–H and O–H groups in total. The molecule has 0 aliphatic heterocycles. The second kappa shape index (κ2) is 5.89. The topological polar surface area (TPSA) is 33.2 Å². The monoisotopic (exact) mass is 256 g/mol. The summed E-state index contributed by atoms with van der Waals surface area (Å²) in [6, 6.07) is 1.16. The van der Waals surface area contributed by atoms with E-state index in [0.29, 0.717) is 5.92 Å². The van der Waals surface area contributed by atoms with Crippen LogP contribution in [0, 0.1) is 17.7 Å². The molecule has 0 saturated carbocycles. The number of pyridine rings is 1. The summed E-state index contributed by atoms with van der Waals surface area (Å²) in [4.78, 5) is 16.6. The lowest BCUT2D eigenvalue weighted by molar-refractivity contribution is 0.0722. The zero-order valence-electron chi connectivity index (χ0n) is 11.1. The van der Waals surface area contributed by atoms with Crippen LogP contribution in [0.4, 0.5) is 8.78 Å².